The number of nitrogens with zero attached hydrogens (tertiary/aromatic N) is 4. The quantitative estimate of drug-likeness (QED) is 0.468. The zero-order valence-corrected chi connectivity index (χ0v) is 15.5. The summed E-state index contributed by atoms with van der Waals surface area (Å²) in [6, 6.07) is 10.9. The maximum absolute atomic E-state index is 14.1. The smallest absolute Gasteiger partial charge is 0.153 e. The molecule has 0 bridgehead atoms. The standard InChI is InChI=1S/C22H17FN4O/c1-13-17-4-3-5-19(23)21(17)26-20(24-13)9-6-15-12-27-11-14-10-16(28-2)7-8-18(14)22(27)25-15/h3-10,12H,11H2,1-2H3. The Morgan fingerprint density at radius 1 is 1.11 bits per heavy atom. The van der Waals surface area contributed by atoms with E-state index in [1.54, 1.807) is 19.3 Å². The number of aryl methyl sites for hydroxylation is 1. The number of aromatic nitrogens is 4. The first-order valence-electron chi connectivity index (χ1n) is 8.98. The van der Waals surface area contributed by atoms with Crippen LogP contribution in [-0.2, 0) is 6.54 Å². The third kappa shape index (κ3) is 2.65. The van der Waals surface area contributed by atoms with Crippen molar-refractivity contribution in [1.82, 2.24) is 19.5 Å². The zero-order valence-electron chi connectivity index (χ0n) is 15.5. The molecule has 0 saturated carbocycles. The summed E-state index contributed by atoms with van der Waals surface area (Å²) in [5.41, 5.74) is 4.21. The van der Waals surface area contributed by atoms with Crippen molar-refractivity contribution in [2.24, 2.45) is 0 Å². The topological polar surface area (TPSA) is 52.8 Å². The van der Waals surface area contributed by atoms with Crippen LogP contribution in [0, 0.1) is 12.7 Å². The highest BCUT2D eigenvalue weighted by molar-refractivity contribution is 5.82. The molecule has 0 N–H and O–H groups in total. The molecular formula is C22H17FN4O. The molecule has 2 aromatic heterocycles. The van der Waals surface area contributed by atoms with Crippen LogP contribution >= 0.6 is 0 Å². The largest absolute Gasteiger partial charge is 0.497 e. The van der Waals surface area contributed by atoms with Gasteiger partial charge in [0, 0.05) is 29.4 Å². The lowest BCUT2D eigenvalue weighted by Crippen LogP contribution is -1.95. The van der Waals surface area contributed by atoms with Crippen LogP contribution in [0.15, 0.2) is 42.6 Å². The molecule has 0 amide bonds. The SMILES string of the molecule is COc1ccc2c(c1)Cn1cc(C=Cc3nc(C)c4cccc(F)c4n3)nc1-2. The summed E-state index contributed by atoms with van der Waals surface area (Å²) in [5, 5.41) is 0.727. The molecule has 0 aliphatic carbocycles. The Labute approximate surface area is 161 Å². The monoisotopic (exact) mass is 372 g/mol. The van der Waals surface area contributed by atoms with Gasteiger partial charge in [0.2, 0.25) is 0 Å². The number of rotatable bonds is 3. The van der Waals surface area contributed by atoms with Gasteiger partial charge in [-0.15, -0.1) is 0 Å². The fourth-order valence-corrected chi connectivity index (χ4v) is 3.61. The van der Waals surface area contributed by atoms with Crippen molar-refractivity contribution < 1.29 is 9.13 Å². The summed E-state index contributed by atoms with van der Waals surface area (Å²) in [5.74, 6) is 1.90. The van der Waals surface area contributed by atoms with Gasteiger partial charge < -0.3 is 9.30 Å². The second-order valence-corrected chi connectivity index (χ2v) is 6.78. The van der Waals surface area contributed by atoms with Crippen LogP contribution in [0.2, 0.25) is 0 Å². The molecule has 0 fully saturated rings. The van der Waals surface area contributed by atoms with Crippen molar-refractivity contribution in [3.8, 4) is 17.1 Å². The van der Waals surface area contributed by atoms with E-state index in [9.17, 15) is 4.39 Å². The molecule has 0 radical (unpaired) electrons. The third-order valence-electron chi connectivity index (χ3n) is 4.98. The number of benzene rings is 2. The van der Waals surface area contributed by atoms with E-state index in [4.69, 9.17) is 9.72 Å². The summed E-state index contributed by atoms with van der Waals surface area (Å²) < 4.78 is 21.5. The van der Waals surface area contributed by atoms with E-state index < -0.39 is 0 Å². The lowest BCUT2D eigenvalue weighted by Gasteiger charge is -2.03. The van der Waals surface area contributed by atoms with E-state index in [2.05, 4.69) is 14.5 Å². The number of para-hydroxylation sites is 1. The van der Waals surface area contributed by atoms with Crippen LogP contribution in [0.25, 0.3) is 34.4 Å². The van der Waals surface area contributed by atoms with Crippen LogP contribution in [-0.4, -0.2) is 26.6 Å². The van der Waals surface area contributed by atoms with Crippen molar-refractivity contribution >= 4 is 23.1 Å². The highest BCUT2D eigenvalue weighted by Gasteiger charge is 2.20. The fourth-order valence-electron chi connectivity index (χ4n) is 3.61. The summed E-state index contributed by atoms with van der Waals surface area (Å²) >= 11 is 0. The highest BCUT2D eigenvalue weighted by Crippen LogP contribution is 2.33. The zero-order chi connectivity index (χ0) is 19.3. The molecule has 138 valence electrons. The normalized spacial score (nSPS) is 12.5. The van der Waals surface area contributed by atoms with Gasteiger partial charge >= 0.3 is 0 Å². The summed E-state index contributed by atoms with van der Waals surface area (Å²) in [6.07, 6.45) is 5.62. The van der Waals surface area contributed by atoms with Crippen LogP contribution in [0.5, 0.6) is 5.75 Å². The van der Waals surface area contributed by atoms with E-state index in [1.807, 2.05) is 43.5 Å². The molecule has 1 aliphatic rings. The minimum absolute atomic E-state index is 0.338. The fraction of sp³-hybridized carbons (Fsp3) is 0.136. The Kier molecular flexibility index (Phi) is 3.72. The molecule has 0 saturated heterocycles. The molecule has 0 atom stereocenters. The van der Waals surface area contributed by atoms with Crippen molar-refractivity contribution in [3.05, 3.63) is 71.2 Å². The van der Waals surface area contributed by atoms with Gasteiger partial charge in [-0.2, -0.15) is 0 Å². The molecule has 2 aromatic carbocycles. The minimum Gasteiger partial charge on any atom is -0.497 e. The van der Waals surface area contributed by atoms with Crippen LogP contribution in [0.4, 0.5) is 4.39 Å². The van der Waals surface area contributed by atoms with E-state index >= 15 is 0 Å². The Hall–Kier alpha value is -3.54. The van der Waals surface area contributed by atoms with E-state index in [0.717, 1.165) is 40.5 Å². The maximum Gasteiger partial charge on any atom is 0.153 e. The molecular weight excluding hydrogens is 355 g/mol. The van der Waals surface area contributed by atoms with Gasteiger partial charge in [0.1, 0.15) is 22.9 Å². The lowest BCUT2D eigenvalue weighted by molar-refractivity contribution is 0.414. The number of imidazole rings is 1. The van der Waals surface area contributed by atoms with Crippen LogP contribution < -0.4 is 4.74 Å². The van der Waals surface area contributed by atoms with Gasteiger partial charge in [0.25, 0.3) is 0 Å². The second kappa shape index (κ2) is 6.27. The molecule has 1 aliphatic heterocycles. The van der Waals surface area contributed by atoms with Gasteiger partial charge in [-0.3, -0.25) is 0 Å². The van der Waals surface area contributed by atoms with E-state index in [1.165, 1.54) is 11.6 Å². The number of halogens is 1. The Morgan fingerprint density at radius 2 is 2.00 bits per heavy atom. The first-order chi connectivity index (χ1) is 13.6. The third-order valence-corrected chi connectivity index (χ3v) is 4.98. The molecule has 4 aromatic rings. The molecule has 0 spiro atoms. The Balaban J connectivity index is 1.47. The predicted octanol–water partition coefficient (Wildman–Crippen LogP) is 4.48. The van der Waals surface area contributed by atoms with Gasteiger partial charge in [0.15, 0.2) is 5.82 Å². The first-order valence-corrected chi connectivity index (χ1v) is 8.98. The number of methoxy groups -OCH3 is 1. The van der Waals surface area contributed by atoms with Crippen molar-refractivity contribution in [2.45, 2.75) is 13.5 Å². The molecule has 0 unspecified atom stereocenters. The van der Waals surface area contributed by atoms with E-state index in [-0.39, 0.29) is 5.82 Å². The molecule has 6 heteroatoms. The van der Waals surface area contributed by atoms with Crippen LogP contribution in [0.1, 0.15) is 22.8 Å². The van der Waals surface area contributed by atoms with Gasteiger partial charge in [0.05, 0.1) is 12.8 Å². The van der Waals surface area contributed by atoms with Crippen molar-refractivity contribution in [3.63, 3.8) is 0 Å². The van der Waals surface area contributed by atoms with Gasteiger partial charge in [-0.25, -0.2) is 19.3 Å². The average molecular weight is 372 g/mol. The van der Waals surface area contributed by atoms with Gasteiger partial charge in [-0.05, 0) is 48.9 Å². The van der Waals surface area contributed by atoms with Crippen molar-refractivity contribution in [1.29, 1.82) is 0 Å². The first kappa shape index (κ1) is 16.6. The molecule has 5 nitrogen and oxygen atoms in total. The molecule has 5 rings (SSSR count). The lowest BCUT2D eigenvalue weighted by atomic mass is 10.1. The number of fused-ring (bicyclic) bond motifs is 4. The summed E-state index contributed by atoms with van der Waals surface area (Å²) in [6.45, 7) is 2.62. The van der Waals surface area contributed by atoms with E-state index in [0.29, 0.717) is 11.3 Å². The number of hydrogen-bond donors (Lipinski definition) is 0. The van der Waals surface area contributed by atoms with Crippen molar-refractivity contribution in [2.75, 3.05) is 7.11 Å². The highest BCUT2D eigenvalue weighted by atomic mass is 19.1. The minimum atomic E-state index is -0.342. The second-order valence-electron chi connectivity index (χ2n) is 6.78. The Bertz CT molecular complexity index is 1260. The summed E-state index contributed by atoms with van der Waals surface area (Å²) in [7, 11) is 1.67. The van der Waals surface area contributed by atoms with Crippen LogP contribution in [0.3, 0.4) is 0 Å². The number of hydrogen-bond acceptors (Lipinski definition) is 4. The van der Waals surface area contributed by atoms with Gasteiger partial charge in [-0.1, -0.05) is 12.1 Å². The number of ether oxygens (including phenoxy) is 1. The average Bonchev–Trinajstić information content (AvgIpc) is 3.24. The summed E-state index contributed by atoms with van der Waals surface area (Å²) in [4.78, 5) is 13.5. The molecule has 28 heavy (non-hydrogen) atoms. The predicted molar refractivity (Wildman–Crippen MR) is 106 cm³/mol. The molecule has 3 heterocycles. The maximum atomic E-state index is 14.1. The Morgan fingerprint density at radius 3 is 2.86 bits per heavy atom.